The molecule has 1 saturated carbocycles. The lowest BCUT2D eigenvalue weighted by Crippen LogP contribution is -2.63. The number of likely N-dealkylation sites (N-methyl/N-ethyl adjacent to an activating group) is 1. The summed E-state index contributed by atoms with van der Waals surface area (Å²) < 4.78 is 0. The number of phenols is 1. The van der Waals surface area contributed by atoms with Crippen molar-refractivity contribution < 1.29 is 34.8 Å². The number of nitrogens with zero attached hydrogens (tertiary/aromatic N) is 3. The van der Waals surface area contributed by atoms with E-state index in [2.05, 4.69) is 25.7 Å². The molecule has 5 rings (SSSR count). The van der Waals surface area contributed by atoms with Crippen molar-refractivity contribution >= 4 is 23.2 Å². The van der Waals surface area contributed by atoms with Gasteiger partial charge < -0.3 is 31.1 Å². The highest BCUT2D eigenvalue weighted by molar-refractivity contribution is 6.24. The summed E-state index contributed by atoms with van der Waals surface area (Å²) in [6, 6.07) is 0.893. The number of hydrogen-bond acceptors (Lipinski definition) is 10. The number of aromatic hydroxyl groups is 1. The molecule has 1 fully saturated rings. The molecule has 0 saturated heterocycles. The Kier molecular flexibility index (Phi) is 8.14. The van der Waals surface area contributed by atoms with Crippen LogP contribution in [0.5, 0.6) is 5.75 Å². The molecule has 0 heterocycles. The molecular weight excluding hydrogens is 564 g/mol. The van der Waals surface area contributed by atoms with E-state index in [0.29, 0.717) is 30.0 Å². The molecule has 0 aromatic heterocycles. The number of allylic oxidation sites excluding steroid dienone is 1. The number of amides is 1. The zero-order chi connectivity index (χ0) is 32.6. The normalized spacial score (nSPS) is 27.6. The molecule has 0 aliphatic heterocycles. The summed E-state index contributed by atoms with van der Waals surface area (Å²) in [4.78, 5) is 45.9. The van der Waals surface area contributed by atoms with Crippen LogP contribution in [-0.2, 0) is 22.6 Å². The SMILES string of the molecule is CC(C)[C@@H](C)N(Cc1cc(O)c2c(c1N(C)C)C[C@H]1C[C@H]3[C@H](N(C)C)C(O)=C(C(N)=O)C(=O)[C@@]3(O)C(O)=C1C2=O)CC1CC1. The first-order valence-electron chi connectivity index (χ1n) is 15.5. The second-order valence-electron chi connectivity index (χ2n) is 14.0. The molecular formula is C33H46N4O7. The Balaban J connectivity index is 1.65. The molecule has 5 atom stereocenters. The minimum atomic E-state index is -2.65. The van der Waals surface area contributed by atoms with Gasteiger partial charge in [0.15, 0.2) is 11.4 Å². The van der Waals surface area contributed by atoms with Gasteiger partial charge in [-0.2, -0.15) is 0 Å². The Bertz CT molecular complexity index is 1470. The molecule has 11 nitrogen and oxygen atoms in total. The molecule has 6 N–H and O–H groups in total. The van der Waals surface area contributed by atoms with Crippen LogP contribution in [0.1, 0.15) is 61.5 Å². The summed E-state index contributed by atoms with van der Waals surface area (Å²) in [6.45, 7) is 8.15. The third kappa shape index (κ3) is 4.89. The van der Waals surface area contributed by atoms with Crippen LogP contribution in [0, 0.1) is 23.7 Å². The van der Waals surface area contributed by atoms with Gasteiger partial charge in [0.1, 0.15) is 22.8 Å². The number of ketones is 2. The van der Waals surface area contributed by atoms with Crippen molar-refractivity contribution in [1.29, 1.82) is 0 Å². The summed E-state index contributed by atoms with van der Waals surface area (Å²) in [7, 11) is 7.03. The van der Waals surface area contributed by atoms with Crippen LogP contribution in [0.15, 0.2) is 28.7 Å². The largest absolute Gasteiger partial charge is 0.510 e. The first-order valence-corrected chi connectivity index (χ1v) is 15.5. The van der Waals surface area contributed by atoms with E-state index in [-0.39, 0.29) is 29.7 Å². The Morgan fingerprint density at radius 2 is 1.73 bits per heavy atom. The van der Waals surface area contributed by atoms with E-state index >= 15 is 0 Å². The van der Waals surface area contributed by atoms with Gasteiger partial charge in [-0.05, 0) is 81.6 Å². The van der Waals surface area contributed by atoms with Gasteiger partial charge in [0.05, 0.1) is 11.6 Å². The monoisotopic (exact) mass is 610 g/mol. The van der Waals surface area contributed by atoms with Crippen molar-refractivity contribution in [3.63, 3.8) is 0 Å². The summed E-state index contributed by atoms with van der Waals surface area (Å²) in [5.74, 6) is -5.41. The highest BCUT2D eigenvalue weighted by atomic mass is 16.3. The van der Waals surface area contributed by atoms with Crippen LogP contribution in [0.3, 0.4) is 0 Å². The smallest absolute Gasteiger partial charge is 0.255 e. The quantitative estimate of drug-likeness (QED) is 0.262. The van der Waals surface area contributed by atoms with Gasteiger partial charge in [0.25, 0.3) is 5.91 Å². The van der Waals surface area contributed by atoms with Gasteiger partial charge in [0.2, 0.25) is 5.78 Å². The maximum atomic E-state index is 14.2. The lowest BCUT2D eigenvalue weighted by atomic mass is 9.58. The predicted molar refractivity (Wildman–Crippen MR) is 165 cm³/mol. The highest BCUT2D eigenvalue weighted by Crippen LogP contribution is 2.53. The fourth-order valence-corrected chi connectivity index (χ4v) is 7.70. The molecule has 1 aromatic rings. The minimum absolute atomic E-state index is 0.0314. The van der Waals surface area contributed by atoms with Gasteiger partial charge in [-0.1, -0.05) is 13.8 Å². The van der Waals surface area contributed by atoms with E-state index in [9.17, 15) is 34.8 Å². The first kappa shape index (κ1) is 32.0. The van der Waals surface area contributed by atoms with Crippen LogP contribution in [0.2, 0.25) is 0 Å². The van der Waals surface area contributed by atoms with Gasteiger partial charge in [-0.3, -0.25) is 24.2 Å². The lowest BCUT2D eigenvalue weighted by molar-refractivity contribution is -0.148. The topological polar surface area (TPSA) is 168 Å². The van der Waals surface area contributed by atoms with E-state index < -0.39 is 58.0 Å². The Labute approximate surface area is 258 Å². The number of aliphatic hydroxyl groups is 3. The molecule has 1 amide bonds. The van der Waals surface area contributed by atoms with Crippen LogP contribution < -0.4 is 10.6 Å². The second-order valence-corrected chi connectivity index (χ2v) is 14.0. The van der Waals surface area contributed by atoms with Crippen LogP contribution >= 0.6 is 0 Å². The fraction of sp³-hybridized carbons (Fsp3) is 0.606. The molecule has 44 heavy (non-hydrogen) atoms. The highest BCUT2D eigenvalue weighted by Gasteiger charge is 2.63. The maximum Gasteiger partial charge on any atom is 0.255 e. The third-order valence-electron chi connectivity index (χ3n) is 10.3. The number of nitrogens with two attached hydrogens (primary N) is 1. The number of hydrogen-bond donors (Lipinski definition) is 5. The number of fused-ring (bicyclic) bond motifs is 3. The summed E-state index contributed by atoms with van der Waals surface area (Å²) in [5, 5.41) is 45.8. The van der Waals surface area contributed by atoms with Crippen molar-refractivity contribution in [2.75, 3.05) is 39.6 Å². The van der Waals surface area contributed by atoms with Crippen LogP contribution in [-0.4, -0.2) is 100 Å². The van der Waals surface area contributed by atoms with E-state index in [4.69, 9.17) is 5.73 Å². The van der Waals surface area contributed by atoms with E-state index in [1.165, 1.54) is 12.8 Å². The Morgan fingerprint density at radius 1 is 1.09 bits per heavy atom. The third-order valence-corrected chi connectivity index (χ3v) is 10.3. The number of Topliss-reactive ketones (excluding diaryl/α,β-unsaturated/α-hetero) is 2. The molecule has 0 spiro atoms. The van der Waals surface area contributed by atoms with Gasteiger partial charge in [-0.15, -0.1) is 0 Å². The summed E-state index contributed by atoms with van der Waals surface area (Å²) in [5.41, 5.74) is 4.20. The molecule has 4 aliphatic carbocycles. The number of primary amides is 1. The molecule has 0 bridgehead atoms. The standard InChI is InChI=1S/C33H46N4O7/c1-15(2)16(3)37(13-17-8-9-17)14-19-12-22(38)24-20(26(19)35(4)5)10-18-11-21-27(36(6)7)29(40)25(32(34)43)31(42)33(21,44)30(41)23(18)28(24)39/h12,15-18,21,27,38,40-41,44H,8-11,13-14H2,1-7H3,(H2,34,43)/t16-,18+,21+,27+,33+/m1/s1. The van der Waals surface area contributed by atoms with Gasteiger partial charge in [0, 0.05) is 50.4 Å². The second kappa shape index (κ2) is 11.2. The summed E-state index contributed by atoms with van der Waals surface area (Å²) in [6.07, 6.45) is 2.73. The van der Waals surface area contributed by atoms with Crippen LogP contribution in [0.25, 0.3) is 0 Å². The van der Waals surface area contributed by atoms with E-state index in [1.807, 2.05) is 19.0 Å². The van der Waals surface area contributed by atoms with E-state index in [0.717, 1.165) is 17.8 Å². The number of carbonyl (C=O) groups excluding carboxylic acids is 3. The molecule has 240 valence electrons. The van der Waals surface area contributed by atoms with Crippen molar-refractivity contribution in [3.8, 4) is 5.75 Å². The number of benzene rings is 1. The number of phenolic OH excluding ortho intramolecular Hbond substituents is 1. The zero-order valence-electron chi connectivity index (χ0n) is 26.7. The van der Waals surface area contributed by atoms with Crippen molar-refractivity contribution in [2.45, 2.75) is 70.7 Å². The predicted octanol–water partition coefficient (Wildman–Crippen LogP) is 2.44. The average Bonchev–Trinajstić information content (AvgIpc) is 3.73. The number of rotatable bonds is 9. The lowest BCUT2D eigenvalue weighted by Gasteiger charge is -2.50. The number of anilines is 1. The zero-order valence-corrected chi connectivity index (χ0v) is 26.7. The van der Waals surface area contributed by atoms with Crippen LogP contribution in [0.4, 0.5) is 5.69 Å². The van der Waals surface area contributed by atoms with Crippen molar-refractivity contribution in [2.24, 2.45) is 29.4 Å². The number of carbonyl (C=O) groups is 3. The number of aliphatic hydroxyl groups excluding tert-OH is 2. The molecule has 1 aromatic carbocycles. The van der Waals surface area contributed by atoms with Gasteiger partial charge in [-0.25, -0.2) is 0 Å². The average molecular weight is 611 g/mol. The molecule has 11 heteroatoms. The van der Waals surface area contributed by atoms with E-state index in [1.54, 1.807) is 25.1 Å². The molecule has 4 aliphatic rings. The van der Waals surface area contributed by atoms with Gasteiger partial charge >= 0.3 is 0 Å². The van der Waals surface area contributed by atoms with Crippen molar-refractivity contribution in [1.82, 2.24) is 9.80 Å². The Hall–Kier alpha value is -3.41. The van der Waals surface area contributed by atoms with Crippen molar-refractivity contribution in [3.05, 3.63) is 45.4 Å². The fourth-order valence-electron chi connectivity index (χ4n) is 7.70. The Morgan fingerprint density at radius 3 is 2.25 bits per heavy atom. The molecule has 0 unspecified atom stereocenters. The summed E-state index contributed by atoms with van der Waals surface area (Å²) >= 11 is 0. The first-order chi connectivity index (χ1) is 20.5. The minimum Gasteiger partial charge on any atom is -0.510 e. The maximum absolute atomic E-state index is 14.2. The molecule has 0 radical (unpaired) electrons.